The topological polar surface area (TPSA) is 34.4 Å². The molecule has 4 heteroatoms. The summed E-state index contributed by atoms with van der Waals surface area (Å²) in [6, 6.07) is 10.4. The molecule has 0 radical (unpaired) electrons. The molecule has 0 spiro atoms. The molecule has 1 aliphatic rings. The van der Waals surface area contributed by atoms with E-state index in [0.29, 0.717) is 6.10 Å². The van der Waals surface area contributed by atoms with Gasteiger partial charge in [-0.1, -0.05) is 19.1 Å². The van der Waals surface area contributed by atoms with Gasteiger partial charge in [-0.05, 0) is 59.1 Å². The second-order valence-corrected chi connectivity index (χ2v) is 5.75. The van der Waals surface area contributed by atoms with Gasteiger partial charge in [0.1, 0.15) is 5.75 Å². The molecule has 1 N–H and O–H groups in total. The quantitative estimate of drug-likeness (QED) is 0.855. The lowest BCUT2D eigenvalue weighted by Gasteiger charge is -2.18. The fourth-order valence-electron chi connectivity index (χ4n) is 2.27. The highest BCUT2D eigenvalue weighted by atomic mass is 79.9. The van der Waals surface area contributed by atoms with Gasteiger partial charge in [-0.2, -0.15) is 0 Å². The van der Waals surface area contributed by atoms with Gasteiger partial charge in [0.05, 0.1) is 18.4 Å². The predicted octanol–water partition coefficient (Wildman–Crippen LogP) is 4.28. The third kappa shape index (κ3) is 3.07. The normalized spacial score (nSPS) is 16.1. The molecule has 1 atom stereocenters. The first kappa shape index (κ1) is 13.7. The Kier molecular flexibility index (Phi) is 4.13. The molecule has 1 saturated carbocycles. The van der Waals surface area contributed by atoms with E-state index in [1.165, 1.54) is 18.4 Å². The number of nitrogens with one attached hydrogen (secondary N) is 1. The van der Waals surface area contributed by atoms with E-state index in [1.807, 2.05) is 18.2 Å². The minimum atomic E-state index is 0.107. The number of rotatable bonds is 6. The Hall–Kier alpha value is -1.26. The van der Waals surface area contributed by atoms with Gasteiger partial charge >= 0.3 is 0 Å². The van der Waals surface area contributed by atoms with Crippen LogP contribution in [0.5, 0.6) is 5.75 Å². The molecule has 0 amide bonds. The van der Waals surface area contributed by atoms with E-state index in [9.17, 15) is 0 Å². The Morgan fingerprint density at radius 1 is 1.40 bits per heavy atom. The van der Waals surface area contributed by atoms with Gasteiger partial charge in [-0.15, -0.1) is 0 Å². The molecule has 1 aliphatic carbocycles. The van der Waals surface area contributed by atoms with Gasteiger partial charge in [-0.3, -0.25) is 0 Å². The molecule has 0 aliphatic heterocycles. The van der Waals surface area contributed by atoms with Crippen molar-refractivity contribution in [2.75, 3.05) is 6.54 Å². The Labute approximate surface area is 127 Å². The zero-order chi connectivity index (χ0) is 13.9. The van der Waals surface area contributed by atoms with Crippen LogP contribution < -0.4 is 10.1 Å². The van der Waals surface area contributed by atoms with E-state index >= 15 is 0 Å². The van der Waals surface area contributed by atoms with Crippen LogP contribution in [0.15, 0.2) is 45.7 Å². The average Bonchev–Trinajstić information content (AvgIpc) is 3.16. The van der Waals surface area contributed by atoms with E-state index in [4.69, 9.17) is 9.15 Å². The Bertz CT molecular complexity index is 577. The predicted molar refractivity (Wildman–Crippen MR) is 82.0 cm³/mol. The number of benzene rings is 1. The first-order chi connectivity index (χ1) is 9.78. The third-order valence-corrected chi connectivity index (χ3v) is 4.03. The largest absolute Gasteiger partial charge is 0.490 e. The average molecular weight is 336 g/mol. The zero-order valence-corrected chi connectivity index (χ0v) is 13.0. The van der Waals surface area contributed by atoms with Crippen LogP contribution >= 0.6 is 15.9 Å². The van der Waals surface area contributed by atoms with Crippen molar-refractivity contribution < 1.29 is 9.15 Å². The number of ether oxygens (including phenoxy) is 1. The fourth-order valence-corrected chi connectivity index (χ4v) is 2.74. The van der Waals surface area contributed by atoms with E-state index in [2.05, 4.69) is 40.3 Å². The molecular formula is C16H18BrNO2. The maximum Gasteiger partial charge on any atom is 0.174 e. The maximum absolute atomic E-state index is 5.88. The standard InChI is InChI=1S/C16H18BrNO2/c1-2-18-15(14-8-9-19-16(14)17)11-4-3-5-13(10-11)20-12-6-7-12/h3-5,8-10,12,15,18H,2,6-7H2,1H3. The maximum atomic E-state index is 5.88. The van der Waals surface area contributed by atoms with Crippen molar-refractivity contribution in [2.45, 2.75) is 31.9 Å². The second kappa shape index (κ2) is 6.02. The van der Waals surface area contributed by atoms with Crippen LogP contribution in [0.2, 0.25) is 0 Å². The molecule has 0 bridgehead atoms. The summed E-state index contributed by atoms with van der Waals surface area (Å²) in [6.07, 6.45) is 4.47. The monoisotopic (exact) mass is 335 g/mol. The summed E-state index contributed by atoms with van der Waals surface area (Å²) in [5.74, 6) is 0.951. The van der Waals surface area contributed by atoms with Crippen LogP contribution in [-0.4, -0.2) is 12.6 Å². The summed E-state index contributed by atoms with van der Waals surface area (Å²) < 4.78 is 12.0. The molecule has 1 fully saturated rings. The van der Waals surface area contributed by atoms with Crippen molar-refractivity contribution in [2.24, 2.45) is 0 Å². The molecule has 1 unspecified atom stereocenters. The molecule has 3 rings (SSSR count). The van der Waals surface area contributed by atoms with Crippen molar-refractivity contribution in [1.82, 2.24) is 5.32 Å². The molecule has 1 aromatic heterocycles. The van der Waals surface area contributed by atoms with E-state index in [1.54, 1.807) is 6.26 Å². The molecule has 0 saturated heterocycles. The van der Waals surface area contributed by atoms with Crippen LogP contribution in [-0.2, 0) is 0 Å². The Morgan fingerprint density at radius 3 is 2.90 bits per heavy atom. The van der Waals surface area contributed by atoms with Crippen LogP contribution in [0.4, 0.5) is 0 Å². The fraction of sp³-hybridized carbons (Fsp3) is 0.375. The highest BCUT2D eigenvalue weighted by Gasteiger charge is 2.24. The van der Waals surface area contributed by atoms with Gasteiger partial charge in [-0.25, -0.2) is 0 Å². The number of halogens is 1. The number of hydrogen-bond donors (Lipinski definition) is 1. The molecule has 1 heterocycles. The molecular weight excluding hydrogens is 318 g/mol. The highest BCUT2D eigenvalue weighted by molar-refractivity contribution is 9.10. The van der Waals surface area contributed by atoms with Crippen molar-refractivity contribution in [3.05, 3.63) is 52.4 Å². The van der Waals surface area contributed by atoms with Crippen molar-refractivity contribution >= 4 is 15.9 Å². The van der Waals surface area contributed by atoms with Crippen LogP contribution in [0, 0.1) is 0 Å². The Balaban J connectivity index is 1.88. The molecule has 1 aromatic carbocycles. The molecule has 2 aromatic rings. The molecule has 20 heavy (non-hydrogen) atoms. The lowest BCUT2D eigenvalue weighted by atomic mass is 10.0. The van der Waals surface area contributed by atoms with Crippen molar-refractivity contribution in [3.8, 4) is 5.75 Å². The lowest BCUT2D eigenvalue weighted by molar-refractivity contribution is 0.302. The zero-order valence-electron chi connectivity index (χ0n) is 11.4. The lowest BCUT2D eigenvalue weighted by Crippen LogP contribution is -2.21. The molecule has 106 valence electrons. The first-order valence-electron chi connectivity index (χ1n) is 7.01. The highest BCUT2D eigenvalue weighted by Crippen LogP contribution is 2.32. The van der Waals surface area contributed by atoms with Crippen molar-refractivity contribution in [1.29, 1.82) is 0 Å². The van der Waals surface area contributed by atoms with Crippen LogP contribution in [0.3, 0.4) is 0 Å². The Morgan fingerprint density at radius 2 is 2.25 bits per heavy atom. The summed E-state index contributed by atoms with van der Waals surface area (Å²) in [7, 11) is 0. The van der Waals surface area contributed by atoms with Crippen LogP contribution in [0.25, 0.3) is 0 Å². The number of furan rings is 1. The van der Waals surface area contributed by atoms with Gasteiger partial charge in [0.15, 0.2) is 4.67 Å². The minimum Gasteiger partial charge on any atom is -0.490 e. The van der Waals surface area contributed by atoms with Crippen LogP contribution in [0.1, 0.15) is 36.9 Å². The first-order valence-corrected chi connectivity index (χ1v) is 7.80. The van der Waals surface area contributed by atoms with Crippen molar-refractivity contribution in [3.63, 3.8) is 0 Å². The minimum absolute atomic E-state index is 0.107. The van der Waals surface area contributed by atoms with Gasteiger partial charge in [0, 0.05) is 5.56 Å². The summed E-state index contributed by atoms with van der Waals surface area (Å²) in [5, 5.41) is 3.49. The van der Waals surface area contributed by atoms with Gasteiger partial charge < -0.3 is 14.5 Å². The second-order valence-electron chi connectivity index (χ2n) is 5.03. The summed E-state index contributed by atoms with van der Waals surface area (Å²) in [5.41, 5.74) is 2.29. The van der Waals surface area contributed by atoms with Gasteiger partial charge in [0.25, 0.3) is 0 Å². The summed E-state index contributed by atoms with van der Waals surface area (Å²) in [4.78, 5) is 0. The third-order valence-electron chi connectivity index (χ3n) is 3.38. The number of hydrogen-bond acceptors (Lipinski definition) is 3. The smallest absolute Gasteiger partial charge is 0.174 e. The van der Waals surface area contributed by atoms with E-state index < -0.39 is 0 Å². The summed E-state index contributed by atoms with van der Waals surface area (Å²) >= 11 is 3.47. The van der Waals surface area contributed by atoms with E-state index in [-0.39, 0.29) is 6.04 Å². The molecule has 3 nitrogen and oxygen atoms in total. The SMILES string of the molecule is CCNC(c1cccc(OC2CC2)c1)c1ccoc1Br. The van der Waals surface area contributed by atoms with Gasteiger partial charge in [0.2, 0.25) is 0 Å². The summed E-state index contributed by atoms with van der Waals surface area (Å²) in [6.45, 7) is 2.99. The van der Waals surface area contributed by atoms with E-state index in [0.717, 1.165) is 22.5 Å².